The molecule has 0 N–H and O–H groups in total. The maximum Gasteiger partial charge on any atom is 0.416 e. The Kier molecular flexibility index (Phi) is 4.28. The van der Waals surface area contributed by atoms with E-state index in [0.717, 1.165) is 19.1 Å². The molecule has 0 amide bonds. The Morgan fingerprint density at radius 1 is 1.29 bits per heavy atom. The van der Waals surface area contributed by atoms with Crippen LogP contribution in [0.4, 0.5) is 13.2 Å². The van der Waals surface area contributed by atoms with E-state index < -0.39 is 26.4 Å². The molecule has 1 aromatic carbocycles. The van der Waals surface area contributed by atoms with Crippen molar-refractivity contribution in [3.8, 4) is 0 Å². The molecule has 24 heavy (non-hydrogen) atoms. The molecule has 0 spiro atoms. The molecule has 0 bridgehead atoms. The van der Waals surface area contributed by atoms with Crippen LogP contribution in [0.2, 0.25) is 0 Å². The molecule has 1 fully saturated rings. The second-order valence-corrected chi connectivity index (χ2v) is 8.73. The summed E-state index contributed by atoms with van der Waals surface area (Å²) in [5.41, 5.74) is -0.523. The first-order valence-electron chi connectivity index (χ1n) is 7.08. The van der Waals surface area contributed by atoms with Gasteiger partial charge in [-0.1, -0.05) is 27.2 Å². The first kappa shape index (κ1) is 17.5. The summed E-state index contributed by atoms with van der Waals surface area (Å²) >= 11 is 3.29. The van der Waals surface area contributed by atoms with Gasteiger partial charge in [-0.15, -0.1) is 0 Å². The van der Waals surface area contributed by atoms with Gasteiger partial charge in [0.15, 0.2) is 9.84 Å². The Balaban J connectivity index is 2.11. The molecule has 9 heteroatoms. The first-order valence-corrected chi connectivity index (χ1v) is 9.89. The van der Waals surface area contributed by atoms with Gasteiger partial charge in [-0.2, -0.15) is 13.2 Å². The summed E-state index contributed by atoms with van der Waals surface area (Å²) in [6.07, 6.45) is -0.572. The molecule has 1 aromatic heterocycles. The van der Waals surface area contributed by atoms with E-state index in [1.54, 1.807) is 0 Å². The van der Waals surface area contributed by atoms with Gasteiger partial charge in [-0.05, 0) is 30.5 Å². The Morgan fingerprint density at radius 3 is 2.50 bits per heavy atom. The second kappa shape index (κ2) is 5.87. The molecule has 130 valence electrons. The normalized spacial score (nSPS) is 17.0. The van der Waals surface area contributed by atoms with E-state index in [4.69, 9.17) is 4.52 Å². The van der Waals surface area contributed by atoms with Crippen LogP contribution in [0.15, 0.2) is 33.8 Å². The van der Waals surface area contributed by atoms with Crippen LogP contribution in [0, 0.1) is 0 Å². The standard InChI is InChI=1S/C15H13BrF3NO3S/c1-24(21,22)9-4-5-10(12(6-9)15(17,18)19)13(16)11-7-20-23-14(11)8-2-3-8/h4-8,13H,2-3H2,1H3/t13-/m0/s1. The van der Waals surface area contributed by atoms with Crippen molar-refractivity contribution < 1.29 is 26.1 Å². The van der Waals surface area contributed by atoms with Crippen molar-refractivity contribution in [1.82, 2.24) is 5.16 Å². The lowest BCUT2D eigenvalue weighted by atomic mass is 9.99. The fraction of sp³-hybridized carbons (Fsp3) is 0.400. The lowest BCUT2D eigenvalue weighted by molar-refractivity contribution is -0.138. The molecular weight excluding hydrogens is 411 g/mol. The minimum absolute atomic E-state index is 0.0694. The van der Waals surface area contributed by atoms with Crippen molar-refractivity contribution in [1.29, 1.82) is 0 Å². The fourth-order valence-corrected chi connectivity index (χ4v) is 3.89. The smallest absolute Gasteiger partial charge is 0.361 e. The van der Waals surface area contributed by atoms with Gasteiger partial charge in [0.25, 0.3) is 0 Å². The number of rotatable bonds is 4. The number of benzene rings is 1. The zero-order valence-electron chi connectivity index (χ0n) is 12.5. The third-order valence-corrected chi connectivity index (χ3v) is 5.98. The summed E-state index contributed by atoms with van der Waals surface area (Å²) in [5.74, 6) is 0.768. The average molecular weight is 424 g/mol. The predicted octanol–water partition coefficient (Wildman–Crippen LogP) is 4.46. The van der Waals surface area contributed by atoms with Crippen molar-refractivity contribution in [3.05, 3.63) is 46.8 Å². The Labute approximate surface area is 145 Å². The summed E-state index contributed by atoms with van der Waals surface area (Å²) in [4.78, 5) is -1.16. The highest BCUT2D eigenvalue weighted by Crippen LogP contribution is 2.47. The van der Waals surface area contributed by atoms with Crippen LogP contribution >= 0.6 is 15.9 Å². The lowest BCUT2D eigenvalue weighted by Crippen LogP contribution is -2.13. The van der Waals surface area contributed by atoms with Crippen molar-refractivity contribution in [2.75, 3.05) is 6.26 Å². The van der Waals surface area contributed by atoms with E-state index in [1.807, 2.05) is 0 Å². The number of aromatic nitrogens is 1. The highest BCUT2D eigenvalue weighted by molar-refractivity contribution is 9.09. The summed E-state index contributed by atoms with van der Waals surface area (Å²) in [6, 6.07) is 3.03. The molecule has 1 aliphatic rings. The Hall–Kier alpha value is -1.35. The molecule has 0 unspecified atom stereocenters. The third kappa shape index (κ3) is 3.37. The molecule has 3 rings (SSSR count). The van der Waals surface area contributed by atoms with E-state index in [-0.39, 0.29) is 16.4 Å². The monoisotopic (exact) mass is 423 g/mol. The summed E-state index contributed by atoms with van der Waals surface area (Å²) in [7, 11) is -3.74. The first-order chi connectivity index (χ1) is 11.1. The fourth-order valence-electron chi connectivity index (χ4n) is 2.50. The van der Waals surface area contributed by atoms with Crippen LogP contribution in [0.1, 0.15) is 46.0 Å². The Morgan fingerprint density at radius 2 is 1.96 bits per heavy atom. The highest BCUT2D eigenvalue weighted by Gasteiger charge is 2.38. The number of alkyl halides is 4. The van der Waals surface area contributed by atoms with Gasteiger partial charge in [-0.3, -0.25) is 0 Å². The van der Waals surface area contributed by atoms with Crippen molar-refractivity contribution >= 4 is 25.8 Å². The van der Waals surface area contributed by atoms with Gasteiger partial charge >= 0.3 is 6.18 Å². The highest BCUT2D eigenvalue weighted by atomic mass is 79.9. The van der Waals surface area contributed by atoms with Gasteiger partial charge in [0.05, 0.1) is 21.5 Å². The zero-order valence-corrected chi connectivity index (χ0v) is 14.9. The summed E-state index contributed by atoms with van der Waals surface area (Å²) in [6.45, 7) is 0. The van der Waals surface area contributed by atoms with Crippen molar-refractivity contribution in [2.45, 2.75) is 34.7 Å². The zero-order chi connectivity index (χ0) is 17.7. The van der Waals surface area contributed by atoms with E-state index in [2.05, 4.69) is 21.1 Å². The number of nitrogens with zero attached hydrogens (tertiary/aromatic N) is 1. The molecule has 1 atom stereocenters. The Bertz CT molecular complexity index is 872. The van der Waals surface area contributed by atoms with Gasteiger partial charge in [0.1, 0.15) is 5.76 Å². The van der Waals surface area contributed by atoms with E-state index in [1.165, 1.54) is 18.3 Å². The summed E-state index contributed by atoms with van der Waals surface area (Å²) < 4.78 is 68.6. The maximum atomic E-state index is 13.4. The second-order valence-electron chi connectivity index (χ2n) is 5.80. The van der Waals surface area contributed by atoms with Crippen LogP contribution in [-0.4, -0.2) is 19.8 Å². The van der Waals surface area contributed by atoms with Crippen molar-refractivity contribution in [2.24, 2.45) is 0 Å². The maximum absolute atomic E-state index is 13.4. The quantitative estimate of drug-likeness (QED) is 0.681. The van der Waals surface area contributed by atoms with E-state index in [9.17, 15) is 21.6 Å². The number of sulfone groups is 1. The minimum Gasteiger partial charge on any atom is -0.361 e. The van der Waals surface area contributed by atoms with E-state index in [0.29, 0.717) is 17.4 Å². The minimum atomic E-state index is -4.68. The molecule has 1 aliphatic carbocycles. The van der Waals surface area contributed by atoms with Gasteiger partial charge in [0.2, 0.25) is 0 Å². The number of hydrogen-bond donors (Lipinski definition) is 0. The molecular formula is C15H13BrF3NO3S. The van der Waals surface area contributed by atoms with Crippen LogP contribution in [0.5, 0.6) is 0 Å². The largest absolute Gasteiger partial charge is 0.416 e. The lowest BCUT2D eigenvalue weighted by Gasteiger charge is -2.18. The topological polar surface area (TPSA) is 60.2 Å². The third-order valence-electron chi connectivity index (χ3n) is 3.88. The average Bonchev–Trinajstić information content (AvgIpc) is 3.21. The van der Waals surface area contributed by atoms with E-state index >= 15 is 0 Å². The molecule has 4 nitrogen and oxygen atoms in total. The van der Waals surface area contributed by atoms with Crippen molar-refractivity contribution in [3.63, 3.8) is 0 Å². The summed E-state index contributed by atoms with van der Waals surface area (Å²) in [5, 5.41) is 3.70. The van der Waals surface area contributed by atoms with Crippen LogP contribution in [0.25, 0.3) is 0 Å². The van der Waals surface area contributed by atoms with Crippen LogP contribution in [0.3, 0.4) is 0 Å². The van der Waals surface area contributed by atoms with Gasteiger partial charge in [0, 0.05) is 17.7 Å². The molecule has 1 saturated carbocycles. The van der Waals surface area contributed by atoms with Gasteiger partial charge < -0.3 is 4.52 Å². The van der Waals surface area contributed by atoms with Crippen LogP contribution in [-0.2, 0) is 16.0 Å². The molecule has 1 heterocycles. The van der Waals surface area contributed by atoms with Gasteiger partial charge in [-0.25, -0.2) is 8.42 Å². The predicted molar refractivity (Wildman–Crippen MR) is 83.8 cm³/mol. The molecule has 0 radical (unpaired) electrons. The molecule has 0 saturated heterocycles. The number of hydrogen-bond acceptors (Lipinski definition) is 4. The molecule has 0 aliphatic heterocycles. The SMILES string of the molecule is CS(=O)(=O)c1ccc([C@H](Br)c2cnoc2C2CC2)c(C(F)(F)F)c1. The molecule has 2 aromatic rings. The van der Waals surface area contributed by atoms with Crippen LogP contribution < -0.4 is 0 Å². The number of halogens is 4.